The maximum Gasteiger partial charge on any atom is 0.0759 e. The summed E-state index contributed by atoms with van der Waals surface area (Å²) < 4.78 is 3.19. The first kappa shape index (κ1) is 16.2. The van der Waals surface area contributed by atoms with Crippen molar-refractivity contribution in [2.45, 2.75) is 46.2 Å². The molecule has 0 saturated heterocycles. The van der Waals surface area contributed by atoms with Crippen LogP contribution in [0.25, 0.3) is 0 Å². The molecule has 0 aliphatic heterocycles. The first-order valence-corrected chi connectivity index (χ1v) is 8.47. The molecule has 1 heterocycles. The highest BCUT2D eigenvalue weighted by Crippen LogP contribution is 2.29. The Balaban J connectivity index is 2.42. The molecule has 2 rings (SSSR count). The molecular weight excluding hydrogens is 326 g/mol. The van der Waals surface area contributed by atoms with E-state index in [4.69, 9.17) is 0 Å². The van der Waals surface area contributed by atoms with Crippen LogP contribution in [-0.2, 0) is 6.54 Å². The number of benzene rings is 1. The predicted octanol–water partition coefficient (Wildman–Crippen LogP) is 4.45. The lowest BCUT2D eigenvalue weighted by Crippen LogP contribution is -2.26. The standard InChI is InChI=1S/C17H24BrN3/c1-4-9-19-16(14-8-6-7-13(3)11-14)17-15(18)12-20-21(17)10-5-2/h6-8,11-12,16,19H,4-5,9-10H2,1-3H3. The highest BCUT2D eigenvalue weighted by Gasteiger charge is 2.21. The van der Waals surface area contributed by atoms with Crippen LogP contribution >= 0.6 is 15.9 Å². The third-order valence-corrected chi connectivity index (χ3v) is 4.13. The summed E-state index contributed by atoms with van der Waals surface area (Å²) in [6.07, 6.45) is 4.10. The second-order valence-corrected chi connectivity index (χ2v) is 6.26. The van der Waals surface area contributed by atoms with E-state index in [9.17, 15) is 0 Å². The summed E-state index contributed by atoms with van der Waals surface area (Å²) >= 11 is 3.67. The summed E-state index contributed by atoms with van der Waals surface area (Å²) in [4.78, 5) is 0. The van der Waals surface area contributed by atoms with Crippen molar-refractivity contribution in [2.24, 2.45) is 0 Å². The van der Waals surface area contributed by atoms with Gasteiger partial charge in [-0.15, -0.1) is 0 Å². The largest absolute Gasteiger partial charge is 0.305 e. The van der Waals surface area contributed by atoms with Crippen molar-refractivity contribution < 1.29 is 0 Å². The number of halogens is 1. The summed E-state index contributed by atoms with van der Waals surface area (Å²) in [5.41, 5.74) is 3.80. The van der Waals surface area contributed by atoms with Crippen LogP contribution in [-0.4, -0.2) is 16.3 Å². The van der Waals surface area contributed by atoms with Gasteiger partial charge in [-0.3, -0.25) is 4.68 Å². The van der Waals surface area contributed by atoms with E-state index in [1.807, 2.05) is 6.20 Å². The molecule has 1 atom stereocenters. The zero-order valence-corrected chi connectivity index (χ0v) is 14.7. The van der Waals surface area contributed by atoms with Gasteiger partial charge in [0.15, 0.2) is 0 Å². The molecule has 0 aliphatic rings. The number of hydrogen-bond acceptors (Lipinski definition) is 2. The number of aryl methyl sites for hydroxylation is 2. The van der Waals surface area contributed by atoms with Gasteiger partial charge in [0.2, 0.25) is 0 Å². The van der Waals surface area contributed by atoms with Crippen molar-refractivity contribution in [2.75, 3.05) is 6.54 Å². The quantitative estimate of drug-likeness (QED) is 0.799. The summed E-state index contributed by atoms with van der Waals surface area (Å²) in [6, 6.07) is 8.88. The second kappa shape index (κ2) is 7.76. The molecule has 3 nitrogen and oxygen atoms in total. The molecule has 1 N–H and O–H groups in total. The Labute approximate surface area is 135 Å². The van der Waals surface area contributed by atoms with Crippen LogP contribution in [0.15, 0.2) is 34.9 Å². The van der Waals surface area contributed by atoms with Gasteiger partial charge in [0.05, 0.1) is 22.4 Å². The zero-order chi connectivity index (χ0) is 15.2. The Morgan fingerprint density at radius 2 is 2.10 bits per heavy atom. The number of nitrogens with zero attached hydrogens (tertiary/aromatic N) is 2. The molecule has 0 spiro atoms. The lowest BCUT2D eigenvalue weighted by molar-refractivity contribution is 0.510. The Morgan fingerprint density at radius 3 is 2.76 bits per heavy atom. The molecule has 0 fully saturated rings. The van der Waals surface area contributed by atoms with Crippen LogP contribution in [0, 0.1) is 6.92 Å². The first-order valence-electron chi connectivity index (χ1n) is 7.68. The van der Waals surface area contributed by atoms with Crippen molar-refractivity contribution in [3.8, 4) is 0 Å². The van der Waals surface area contributed by atoms with Crippen LogP contribution in [0.5, 0.6) is 0 Å². The minimum Gasteiger partial charge on any atom is -0.305 e. The summed E-state index contributed by atoms with van der Waals surface area (Å²) in [6.45, 7) is 8.44. The topological polar surface area (TPSA) is 29.9 Å². The molecule has 2 aromatic rings. The fourth-order valence-electron chi connectivity index (χ4n) is 2.56. The highest BCUT2D eigenvalue weighted by atomic mass is 79.9. The van der Waals surface area contributed by atoms with Crippen LogP contribution < -0.4 is 5.32 Å². The maximum atomic E-state index is 4.51. The van der Waals surface area contributed by atoms with Gasteiger partial charge in [0.1, 0.15) is 0 Å². The molecule has 0 radical (unpaired) electrons. The van der Waals surface area contributed by atoms with Gasteiger partial charge in [-0.05, 0) is 47.8 Å². The molecule has 21 heavy (non-hydrogen) atoms. The van der Waals surface area contributed by atoms with Crippen LogP contribution in [0.1, 0.15) is 49.6 Å². The van der Waals surface area contributed by atoms with E-state index in [-0.39, 0.29) is 6.04 Å². The van der Waals surface area contributed by atoms with Gasteiger partial charge in [-0.2, -0.15) is 5.10 Å². The smallest absolute Gasteiger partial charge is 0.0759 e. The molecule has 0 bridgehead atoms. The maximum absolute atomic E-state index is 4.51. The molecule has 4 heteroatoms. The lowest BCUT2D eigenvalue weighted by atomic mass is 10.0. The second-order valence-electron chi connectivity index (χ2n) is 5.40. The average molecular weight is 350 g/mol. The normalized spacial score (nSPS) is 12.6. The third kappa shape index (κ3) is 3.95. The molecule has 0 aliphatic carbocycles. The van der Waals surface area contributed by atoms with Gasteiger partial charge in [0, 0.05) is 6.54 Å². The molecule has 0 saturated carbocycles. The summed E-state index contributed by atoms with van der Waals surface area (Å²) in [7, 11) is 0. The Bertz CT molecular complexity index is 577. The van der Waals surface area contributed by atoms with E-state index in [2.05, 4.69) is 76.1 Å². The third-order valence-electron chi connectivity index (χ3n) is 3.52. The van der Waals surface area contributed by atoms with Crippen molar-refractivity contribution in [3.63, 3.8) is 0 Å². The fourth-order valence-corrected chi connectivity index (χ4v) is 3.08. The Kier molecular flexibility index (Phi) is 6.00. The fraction of sp³-hybridized carbons (Fsp3) is 0.471. The van der Waals surface area contributed by atoms with Crippen LogP contribution in [0.2, 0.25) is 0 Å². The van der Waals surface area contributed by atoms with Gasteiger partial charge in [-0.25, -0.2) is 0 Å². The Morgan fingerprint density at radius 1 is 1.29 bits per heavy atom. The van der Waals surface area contributed by atoms with Gasteiger partial charge in [0.25, 0.3) is 0 Å². The zero-order valence-electron chi connectivity index (χ0n) is 13.1. The monoisotopic (exact) mass is 349 g/mol. The van der Waals surface area contributed by atoms with Gasteiger partial charge in [-0.1, -0.05) is 43.7 Å². The number of rotatable bonds is 7. The number of hydrogen-bond donors (Lipinski definition) is 1. The number of nitrogens with one attached hydrogen (secondary N) is 1. The molecule has 1 unspecified atom stereocenters. The van der Waals surface area contributed by atoms with E-state index in [0.29, 0.717) is 0 Å². The van der Waals surface area contributed by atoms with Gasteiger partial charge < -0.3 is 5.32 Å². The molecule has 1 aromatic heterocycles. The molecular formula is C17H24BrN3. The van der Waals surface area contributed by atoms with Crippen molar-refractivity contribution in [1.29, 1.82) is 0 Å². The predicted molar refractivity (Wildman–Crippen MR) is 91.5 cm³/mol. The minimum absolute atomic E-state index is 0.174. The van der Waals surface area contributed by atoms with Gasteiger partial charge >= 0.3 is 0 Å². The molecule has 114 valence electrons. The van der Waals surface area contributed by atoms with E-state index in [1.165, 1.54) is 16.8 Å². The van der Waals surface area contributed by atoms with Crippen molar-refractivity contribution in [3.05, 3.63) is 51.8 Å². The lowest BCUT2D eigenvalue weighted by Gasteiger charge is -2.21. The van der Waals surface area contributed by atoms with Crippen LogP contribution in [0.4, 0.5) is 0 Å². The average Bonchev–Trinajstić information content (AvgIpc) is 2.82. The SMILES string of the molecule is CCCNC(c1cccc(C)c1)c1c(Br)cnn1CCC. The molecule has 0 amide bonds. The van der Waals surface area contributed by atoms with E-state index in [1.54, 1.807) is 0 Å². The Hall–Kier alpha value is -1.13. The van der Waals surface area contributed by atoms with Crippen molar-refractivity contribution in [1.82, 2.24) is 15.1 Å². The van der Waals surface area contributed by atoms with E-state index >= 15 is 0 Å². The van der Waals surface area contributed by atoms with E-state index in [0.717, 1.165) is 30.4 Å². The van der Waals surface area contributed by atoms with Crippen LogP contribution in [0.3, 0.4) is 0 Å². The minimum atomic E-state index is 0.174. The summed E-state index contributed by atoms with van der Waals surface area (Å²) in [5, 5.41) is 8.18. The summed E-state index contributed by atoms with van der Waals surface area (Å²) in [5.74, 6) is 0. The van der Waals surface area contributed by atoms with E-state index < -0.39 is 0 Å². The molecule has 1 aromatic carbocycles. The first-order chi connectivity index (χ1) is 10.2. The van der Waals surface area contributed by atoms with Crippen molar-refractivity contribution >= 4 is 15.9 Å². The highest BCUT2D eigenvalue weighted by molar-refractivity contribution is 9.10. The number of aromatic nitrogens is 2.